The van der Waals surface area contributed by atoms with Crippen LogP contribution in [0.15, 0.2) is 84.9 Å². The van der Waals surface area contributed by atoms with Crippen molar-refractivity contribution >= 4 is 50.4 Å². The molecule has 0 heterocycles. The predicted octanol–water partition coefficient (Wildman–Crippen LogP) is 7.63. The van der Waals surface area contributed by atoms with Crippen molar-refractivity contribution in [2.45, 2.75) is 19.8 Å². The molecule has 0 amide bonds. The second-order valence-electron chi connectivity index (χ2n) is 7.40. The second-order valence-corrected chi connectivity index (χ2v) is 7.40. The molecule has 0 bridgehead atoms. The monoisotopic (exact) mass is 392 g/mol. The molecule has 0 unspecified atom stereocenters. The van der Waals surface area contributed by atoms with Gasteiger partial charge in [-0.3, -0.25) is 4.79 Å². The molecular formula is C28H24O2. The van der Waals surface area contributed by atoms with Crippen LogP contribution in [0.2, 0.25) is 0 Å². The summed E-state index contributed by atoms with van der Waals surface area (Å²) < 4.78 is 0. The van der Waals surface area contributed by atoms with Crippen LogP contribution >= 0.6 is 0 Å². The third kappa shape index (κ3) is 4.04. The number of hydrogen-bond acceptors (Lipinski definition) is 1. The van der Waals surface area contributed by atoms with Gasteiger partial charge in [-0.15, -0.1) is 0 Å². The zero-order chi connectivity index (χ0) is 20.9. The van der Waals surface area contributed by atoms with Crippen LogP contribution in [0.4, 0.5) is 0 Å². The molecule has 2 heteroatoms. The lowest BCUT2D eigenvalue weighted by Crippen LogP contribution is -1.90. The van der Waals surface area contributed by atoms with Gasteiger partial charge in [0.2, 0.25) is 0 Å². The summed E-state index contributed by atoms with van der Waals surface area (Å²) in [5.41, 5.74) is 2.49. The largest absolute Gasteiger partial charge is 0.481 e. The van der Waals surface area contributed by atoms with Crippen molar-refractivity contribution in [2.75, 3.05) is 0 Å². The number of carbonyl (C=O) groups is 1. The molecule has 0 aromatic heterocycles. The minimum atomic E-state index is -0.711. The first-order valence-electron chi connectivity index (χ1n) is 10.3. The van der Waals surface area contributed by atoms with Gasteiger partial charge in [0.15, 0.2) is 0 Å². The van der Waals surface area contributed by atoms with E-state index in [2.05, 4.69) is 91.0 Å². The SMILES string of the molecule is C(=Cc1ccc2ccc3cccc4ccc1c2c34)c1ccccc1.CCCC(=O)O. The molecule has 5 aromatic carbocycles. The molecular weight excluding hydrogens is 368 g/mol. The first-order chi connectivity index (χ1) is 14.7. The molecule has 0 saturated heterocycles. The number of carboxylic acid groups (broad SMARTS) is 1. The molecule has 0 fully saturated rings. The molecule has 1 N–H and O–H groups in total. The fourth-order valence-corrected chi connectivity index (χ4v) is 3.87. The van der Waals surface area contributed by atoms with Crippen LogP contribution < -0.4 is 0 Å². The van der Waals surface area contributed by atoms with E-state index in [1.54, 1.807) is 0 Å². The number of carboxylic acids is 1. The van der Waals surface area contributed by atoms with E-state index in [1.807, 2.05) is 13.0 Å². The highest BCUT2D eigenvalue weighted by Crippen LogP contribution is 2.36. The van der Waals surface area contributed by atoms with Gasteiger partial charge in [0, 0.05) is 6.42 Å². The van der Waals surface area contributed by atoms with E-state index < -0.39 is 5.97 Å². The number of aliphatic carboxylic acids is 1. The first kappa shape index (κ1) is 19.7. The van der Waals surface area contributed by atoms with Gasteiger partial charge in [0.1, 0.15) is 0 Å². The van der Waals surface area contributed by atoms with Gasteiger partial charge in [-0.2, -0.15) is 0 Å². The van der Waals surface area contributed by atoms with Crippen LogP contribution in [0, 0.1) is 0 Å². The maximum absolute atomic E-state index is 9.60. The Hall–Kier alpha value is -3.65. The number of rotatable bonds is 4. The van der Waals surface area contributed by atoms with Gasteiger partial charge in [-0.05, 0) is 49.9 Å². The summed E-state index contributed by atoms with van der Waals surface area (Å²) in [6.07, 6.45) is 5.43. The molecule has 148 valence electrons. The minimum Gasteiger partial charge on any atom is -0.481 e. The Bertz CT molecular complexity index is 1300. The standard InChI is InChI=1S/C24H16.C4H8O2/c1-2-5-17(6-3-1)9-10-18-11-12-21-14-13-19-7-4-8-20-15-16-22(18)24(21)23(19)20;1-2-3-4(5)6/h1-16H;2-3H2,1H3,(H,5,6). The smallest absolute Gasteiger partial charge is 0.303 e. The van der Waals surface area contributed by atoms with E-state index in [1.165, 1.54) is 43.4 Å². The summed E-state index contributed by atoms with van der Waals surface area (Å²) in [6, 6.07) is 30.4. The van der Waals surface area contributed by atoms with Crippen LogP contribution in [0.3, 0.4) is 0 Å². The maximum atomic E-state index is 9.60. The Morgan fingerprint density at radius 1 is 0.733 bits per heavy atom. The molecule has 2 nitrogen and oxygen atoms in total. The lowest BCUT2D eigenvalue weighted by molar-refractivity contribution is -0.137. The highest BCUT2D eigenvalue weighted by Gasteiger charge is 2.09. The lowest BCUT2D eigenvalue weighted by atomic mass is 9.92. The van der Waals surface area contributed by atoms with Crippen molar-refractivity contribution in [3.8, 4) is 0 Å². The minimum absolute atomic E-state index is 0.292. The Morgan fingerprint density at radius 3 is 2.00 bits per heavy atom. The average molecular weight is 392 g/mol. The fourth-order valence-electron chi connectivity index (χ4n) is 3.87. The van der Waals surface area contributed by atoms with E-state index >= 15 is 0 Å². The Balaban J connectivity index is 0.000000322. The van der Waals surface area contributed by atoms with Crippen LogP contribution in [-0.4, -0.2) is 11.1 Å². The molecule has 0 saturated carbocycles. The van der Waals surface area contributed by atoms with Crippen LogP contribution in [0.5, 0.6) is 0 Å². The normalized spacial score (nSPS) is 11.2. The molecule has 0 spiro atoms. The summed E-state index contributed by atoms with van der Waals surface area (Å²) in [7, 11) is 0. The van der Waals surface area contributed by atoms with E-state index in [-0.39, 0.29) is 0 Å². The molecule has 5 aromatic rings. The van der Waals surface area contributed by atoms with E-state index in [0.29, 0.717) is 6.42 Å². The first-order valence-corrected chi connectivity index (χ1v) is 10.3. The molecule has 30 heavy (non-hydrogen) atoms. The molecule has 0 atom stereocenters. The average Bonchev–Trinajstić information content (AvgIpc) is 2.77. The second kappa shape index (κ2) is 8.79. The predicted molar refractivity (Wildman–Crippen MR) is 128 cm³/mol. The lowest BCUT2D eigenvalue weighted by Gasteiger charge is -2.12. The summed E-state index contributed by atoms with van der Waals surface area (Å²) in [6.45, 7) is 1.84. The van der Waals surface area contributed by atoms with Crippen molar-refractivity contribution < 1.29 is 9.90 Å². The van der Waals surface area contributed by atoms with Crippen molar-refractivity contribution in [1.29, 1.82) is 0 Å². The Kier molecular flexibility index (Phi) is 5.76. The maximum Gasteiger partial charge on any atom is 0.303 e. The third-order valence-corrected chi connectivity index (χ3v) is 5.28. The third-order valence-electron chi connectivity index (χ3n) is 5.28. The highest BCUT2D eigenvalue weighted by molar-refractivity contribution is 6.24. The quantitative estimate of drug-likeness (QED) is 0.252. The van der Waals surface area contributed by atoms with E-state index in [4.69, 9.17) is 5.11 Å². The van der Waals surface area contributed by atoms with Gasteiger partial charge in [-0.25, -0.2) is 0 Å². The summed E-state index contributed by atoms with van der Waals surface area (Å²) in [5, 5.41) is 15.9. The molecule has 5 rings (SSSR count). The molecule has 0 aliphatic heterocycles. The zero-order valence-electron chi connectivity index (χ0n) is 17.0. The van der Waals surface area contributed by atoms with Gasteiger partial charge < -0.3 is 5.11 Å². The molecule has 0 aliphatic carbocycles. The van der Waals surface area contributed by atoms with E-state index in [0.717, 1.165) is 6.42 Å². The van der Waals surface area contributed by atoms with Crippen molar-refractivity contribution in [3.05, 3.63) is 96.1 Å². The van der Waals surface area contributed by atoms with Crippen LogP contribution in [-0.2, 0) is 4.79 Å². The topological polar surface area (TPSA) is 37.3 Å². The van der Waals surface area contributed by atoms with Gasteiger partial charge in [-0.1, -0.05) is 104 Å². The Labute approximate surface area is 176 Å². The Morgan fingerprint density at radius 2 is 1.37 bits per heavy atom. The van der Waals surface area contributed by atoms with Crippen LogP contribution in [0.25, 0.3) is 44.5 Å². The summed E-state index contributed by atoms with van der Waals surface area (Å²) in [5.74, 6) is -0.711. The summed E-state index contributed by atoms with van der Waals surface area (Å²) >= 11 is 0. The van der Waals surface area contributed by atoms with E-state index in [9.17, 15) is 4.79 Å². The van der Waals surface area contributed by atoms with Gasteiger partial charge in [0.05, 0.1) is 0 Å². The van der Waals surface area contributed by atoms with Crippen LogP contribution in [0.1, 0.15) is 30.9 Å². The van der Waals surface area contributed by atoms with Crippen molar-refractivity contribution in [1.82, 2.24) is 0 Å². The molecule has 0 radical (unpaired) electrons. The number of benzene rings is 5. The van der Waals surface area contributed by atoms with Crippen molar-refractivity contribution in [2.24, 2.45) is 0 Å². The fraction of sp³-hybridized carbons (Fsp3) is 0.107. The zero-order valence-corrected chi connectivity index (χ0v) is 17.0. The van der Waals surface area contributed by atoms with Crippen molar-refractivity contribution in [3.63, 3.8) is 0 Å². The van der Waals surface area contributed by atoms with Gasteiger partial charge >= 0.3 is 5.97 Å². The van der Waals surface area contributed by atoms with Gasteiger partial charge in [0.25, 0.3) is 0 Å². The molecule has 0 aliphatic rings. The number of hydrogen-bond donors (Lipinski definition) is 1. The highest BCUT2D eigenvalue weighted by atomic mass is 16.4. The summed E-state index contributed by atoms with van der Waals surface area (Å²) in [4.78, 5) is 9.60.